The van der Waals surface area contributed by atoms with Gasteiger partial charge in [0, 0.05) is 30.6 Å². The summed E-state index contributed by atoms with van der Waals surface area (Å²) in [6.07, 6.45) is 3.88. The van der Waals surface area contributed by atoms with E-state index in [-0.39, 0.29) is 29.7 Å². The number of fused-ring (bicyclic) bond motifs is 1. The van der Waals surface area contributed by atoms with Crippen LogP contribution in [0.25, 0.3) is 0 Å². The van der Waals surface area contributed by atoms with Crippen molar-refractivity contribution in [1.82, 2.24) is 10.2 Å². The Morgan fingerprint density at radius 2 is 1.53 bits per heavy atom. The monoisotopic (exact) mass is 432 g/mol. The molecule has 0 radical (unpaired) electrons. The number of hydrogen-bond acceptors (Lipinski definition) is 4. The van der Waals surface area contributed by atoms with Crippen LogP contribution >= 0.6 is 0 Å². The Morgan fingerprint density at radius 3 is 2.12 bits per heavy atom. The van der Waals surface area contributed by atoms with Gasteiger partial charge in [-0.1, -0.05) is 73.5 Å². The lowest BCUT2D eigenvalue weighted by Gasteiger charge is -2.34. The number of piperidine rings is 1. The van der Waals surface area contributed by atoms with E-state index in [0.717, 1.165) is 44.3 Å². The van der Waals surface area contributed by atoms with Crippen LogP contribution in [0.5, 0.6) is 0 Å². The molecule has 1 heterocycles. The first-order valence-corrected chi connectivity index (χ1v) is 11.9. The molecule has 3 fully saturated rings. The largest absolute Gasteiger partial charge is 0.375 e. The van der Waals surface area contributed by atoms with Gasteiger partial charge in [0.1, 0.15) is 0 Å². The summed E-state index contributed by atoms with van der Waals surface area (Å²) in [5.74, 6) is 0.563. The minimum absolute atomic E-state index is 0.0384. The number of aliphatic hydroxyl groups is 1. The number of carbonyl (C=O) groups is 2. The molecular formula is C27H32N2O3. The molecule has 1 amide bonds. The maximum Gasteiger partial charge on any atom is 0.257 e. The van der Waals surface area contributed by atoms with E-state index in [0.29, 0.717) is 17.4 Å². The zero-order chi connectivity index (χ0) is 22.3. The maximum absolute atomic E-state index is 13.4. The summed E-state index contributed by atoms with van der Waals surface area (Å²) >= 11 is 0. The summed E-state index contributed by atoms with van der Waals surface area (Å²) in [7, 11) is 0. The van der Waals surface area contributed by atoms with Gasteiger partial charge in [-0.2, -0.15) is 0 Å². The Bertz CT molecular complexity index is 961. The Labute approximate surface area is 189 Å². The van der Waals surface area contributed by atoms with Crippen molar-refractivity contribution in [1.29, 1.82) is 0 Å². The minimum Gasteiger partial charge on any atom is -0.375 e. The summed E-state index contributed by atoms with van der Waals surface area (Å²) in [4.78, 5) is 28.4. The van der Waals surface area contributed by atoms with Gasteiger partial charge in [-0.15, -0.1) is 0 Å². The summed E-state index contributed by atoms with van der Waals surface area (Å²) in [6.45, 7) is 3.59. The Kier molecular flexibility index (Phi) is 5.64. The fourth-order valence-electron chi connectivity index (χ4n) is 5.95. The third kappa shape index (κ3) is 3.67. The molecular weight excluding hydrogens is 400 g/mol. The van der Waals surface area contributed by atoms with Gasteiger partial charge < -0.3 is 10.4 Å². The van der Waals surface area contributed by atoms with E-state index >= 15 is 0 Å². The van der Waals surface area contributed by atoms with E-state index in [1.54, 1.807) is 0 Å². The minimum atomic E-state index is -1.47. The number of nitrogens with zero attached hydrogens (tertiary/aromatic N) is 1. The highest BCUT2D eigenvalue weighted by Crippen LogP contribution is 2.48. The Hall–Kier alpha value is -2.50. The number of hydrogen-bond donors (Lipinski definition) is 2. The standard InChI is InChI=1S/C27H32N2O3/c1-18(25(30)19-10-4-2-5-11-19)29-16-22-23(17-29)24(22)28-26(31)27(32,21-14-8-9-15-21)20-12-6-3-7-13-20/h2-7,10-13,18,21-24,32H,8-9,14-17H2,1H3,(H,28,31)/t18?,22-,23+,24?,27?. The first-order valence-electron chi connectivity index (χ1n) is 11.9. The predicted molar refractivity (Wildman–Crippen MR) is 123 cm³/mol. The molecule has 2 aromatic carbocycles. The summed E-state index contributed by atoms with van der Waals surface area (Å²) in [5, 5.41) is 14.9. The smallest absolute Gasteiger partial charge is 0.257 e. The van der Waals surface area contributed by atoms with Crippen molar-refractivity contribution < 1.29 is 14.7 Å². The molecule has 168 valence electrons. The number of carbonyl (C=O) groups excluding carboxylic acids is 2. The van der Waals surface area contributed by atoms with Crippen LogP contribution in [-0.2, 0) is 10.4 Å². The molecule has 3 unspecified atom stereocenters. The SMILES string of the molecule is CC(C(=O)c1ccccc1)N1C[C@@H]2C(NC(=O)C(O)(c3ccccc3)C3CCCC3)[C@@H]2C1. The summed E-state index contributed by atoms with van der Waals surface area (Å²) in [6, 6.07) is 18.8. The van der Waals surface area contributed by atoms with Crippen LogP contribution in [-0.4, -0.2) is 46.9 Å². The second kappa shape index (κ2) is 8.45. The van der Waals surface area contributed by atoms with E-state index in [4.69, 9.17) is 0 Å². The maximum atomic E-state index is 13.4. The molecule has 0 aromatic heterocycles. The van der Waals surface area contributed by atoms with E-state index in [1.807, 2.05) is 67.6 Å². The average Bonchev–Trinajstić information content (AvgIpc) is 3.26. The predicted octanol–water partition coefficient (Wildman–Crippen LogP) is 3.38. The third-order valence-corrected chi connectivity index (χ3v) is 8.01. The van der Waals surface area contributed by atoms with Crippen LogP contribution in [0.3, 0.4) is 0 Å². The van der Waals surface area contributed by atoms with E-state index in [2.05, 4.69) is 10.2 Å². The molecule has 0 spiro atoms. The molecule has 0 bridgehead atoms. The molecule has 2 N–H and O–H groups in total. The number of benzene rings is 2. The number of Topliss-reactive ketones (excluding diaryl/α,β-unsaturated/α-hetero) is 1. The number of likely N-dealkylation sites (tertiary alicyclic amines) is 1. The number of amides is 1. The van der Waals surface area contributed by atoms with Gasteiger partial charge in [-0.05, 0) is 37.2 Å². The first kappa shape index (κ1) is 21.4. The number of ketones is 1. The van der Waals surface area contributed by atoms with Gasteiger partial charge in [0.25, 0.3) is 5.91 Å². The van der Waals surface area contributed by atoms with E-state index in [1.165, 1.54) is 0 Å². The second-order valence-corrected chi connectivity index (χ2v) is 9.80. The summed E-state index contributed by atoms with van der Waals surface area (Å²) in [5.41, 5.74) is -0.0286. The van der Waals surface area contributed by atoms with Gasteiger partial charge in [-0.25, -0.2) is 0 Å². The topological polar surface area (TPSA) is 69.6 Å². The van der Waals surface area contributed by atoms with Crippen LogP contribution in [0.1, 0.15) is 48.5 Å². The van der Waals surface area contributed by atoms with Gasteiger partial charge >= 0.3 is 0 Å². The average molecular weight is 433 g/mol. The summed E-state index contributed by atoms with van der Waals surface area (Å²) < 4.78 is 0. The fraction of sp³-hybridized carbons (Fsp3) is 0.481. The zero-order valence-electron chi connectivity index (χ0n) is 18.6. The third-order valence-electron chi connectivity index (χ3n) is 8.01. The molecule has 5 rings (SSSR count). The molecule has 5 heteroatoms. The molecule has 32 heavy (non-hydrogen) atoms. The second-order valence-electron chi connectivity index (χ2n) is 9.80. The molecule has 1 saturated heterocycles. The van der Waals surface area contributed by atoms with Gasteiger partial charge in [-0.3, -0.25) is 14.5 Å². The molecule has 1 aliphatic heterocycles. The number of rotatable bonds is 7. The fourth-order valence-corrected chi connectivity index (χ4v) is 5.95. The molecule has 5 nitrogen and oxygen atoms in total. The van der Waals surface area contributed by atoms with E-state index < -0.39 is 5.60 Å². The van der Waals surface area contributed by atoms with Crippen molar-refractivity contribution in [2.24, 2.45) is 17.8 Å². The Balaban J connectivity index is 1.23. The number of nitrogens with one attached hydrogen (secondary N) is 1. The van der Waals surface area contributed by atoms with Crippen molar-refractivity contribution in [3.63, 3.8) is 0 Å². The van der Waals surface area contributed by atoms with Crippen molar-refractivity contribution in [3.05, 3.63) is 71.8 Å². The van der Waals surface area contributed by atoms with Crippen LogP contribution in [0.2, 0.25) is 0 Å². The Morgan fingerprint density at radius 1 is 0.969 bits per heavy atom. The van der Waals surface area contributed by atoms with Gasteiger partial charge in [0.2, 0.25) is 0 Å². The van der Waals surface area contributed by atoms with Gasteiger partial charge in [0.15, 0.2) is 11.4 Å². The lowest BCUT2D eigenvalue weighted by Crippen LogP contribution is -2.51. The van der Waals surface area contributed by atoms with Crippen molar-refractivity contribution in [2.75, 3.05) is 13.1 Å². The molecule has 2 saturated carbocycles. The first-order chi connectivity index (χ1) is 15.5. The van der Waals surface area contributed by atoms with Crippen LogP contribution in [0, 0.1) is 17.8 Å². The highest BCUT2D eigenvalue weighted by molar-refractivity contribution is 5.99. The lowest BCUT2D eigenvalue weighted by molar-refractivity contribution is -0.147. The van der Waals surface area contributed by atoms with Crippen molar-refractivity contribution >= 4 is 11.7 Å². The van der Waals surface area contributed by atoms with Crippen LogP contribution < -0.4 is 5.32 Å². The van der Waals surface area contributed by atoms with Crippen LogP contribution in [0.15, 0.2) is 60.7 Å². The highest BCUT2D eigenvalue weighted by atomic mass is 16.3. The molecule has 5 atom stereocenters. The molecule has 2 aromatic rings. The van der Waals surface area contributed by atoms with Gasteiger partial charge in [0.05, 0.1) is 6.04 Å². The van der Waals surface area contributed by atoms with Crippen LogP contribution in [0.4, 0.5) is 0 Å². The van der Waals surface area contributed by atoms with E-state index in [9.17, 15) is 14.7 Å². The lowest BCUT2D eigenvalue weighted by atomic mass is 9.79. The van der Waals surface area contributed by atoms with Crippen molar-refractivity contribution in [3.8, 4) is 0 Å². The molecule has 2 aliphatic carbocycles. The normalized spacial score (nSPS) is 28.0. The van der Waals surface area contributed by atoms with Crippen molar-refractivity contribution in [2.45, 2.75) is 50.3 Å². The quantitative estimate of drug-likeness (QED) is 0.658. The molecule has 3 aliphatic rings. The highest BCUT2D eigenvalue weighted by Gasteiger charge is 2.59. The zero-order valence-corrected chi connectivity index (χ0v) is 18.6.